The van der Waals surface area contributed by atoms with E-state index >= 15 is 0 Å². The molecule has 182 valence electrons. The quantitative estimate of drug-likeness (QED) is 0.374. The zero-order valence-corrected chi connectivity index (χ0v) is 20.5. The number of ether oxygens (including phenoxy) is 2. The lowest BCUT2D eigenvalue weighted by Crippen LogP contribution is -2.29. The normalized spacial score (nSPS) is 14.7. The van der Waals surface area contributed by atoms with Gasteiger partial charge in [0, 0.05) is 6.54 Å². The zero-order chi connectivity index (χ0) is 25.6. The lowest BCUT2D eigenvalue weighted by Gasteiger charge is -2.25. The Labute approximate surface area is 207 Å². The van der Waals surface area contributed by atoms with Gasteiger partial charge in [-0.15, -0.1) is 0 Å². The maximum Gasteiger partial charge on any atom is 0.337 e. The predicted molar refractivity (Wildman–Crippen MR) is 134 cm³/mol. The highest BCUT2D eigenvalue weighted by Gasteiger charge is 2.42. The molecule has 3 aromatic carbocycles. The van der Waals surface area contributed by atoms with Gasteiger partial charge in [0.05, 0.1) is 36.8 Å². The van der Waals surface area contributed by atoms with Crippen LogP contribution in [0, 0.1) is 13.8 Å². The van der Waals surface area contributed by atoms with Crippen LogP contribution in [0.25, 0.3) is 11.0 Å². The molecule has 5 rings (SSSR count). The second-order valence-corrected chi connectivity index (χ2v) is 8.90. The van der Waals surface area contributed by atoms with E-state index in [1.54, 1.807) is 42.3 Å². The summed E-state index contributed by atoms with van der Waals surface area (Å²) in [6, 6.07) is 17.1. The molecular weight excluding hydrogens is 458 g/mol. The molecule has 1 amide bonds. The highest BCUT2D eigenvalue weighted by molar-refractivity contribution is 5.99. The van der Waals surface area contributed by atoms with Gasteiger partial charge in [0.1, 0.15) is 11.3 Å². The number of rotatable bonds is 5. The van der Waals surface area contributed by atoms with Gasteiger partial charge < -0.3 is 18.8 Å². The number of fused-ring (bicyclic) bond motifs is 2. The second-order valence-electron chi connectivity index (χ2n) is 8.90. The van der Waals surface area contributed by atoms with E-state index in [0.717, 1.165) is 16.7 Å². The number of hydrogen-bond acceptors (Lipinski definition) is 6. The molecule has 4 aromatic rings. The topological polar surface area (TPSA) is 86.0 Å². The van der Waals surface area contributed by atoms with E-state index < -0.39 is 12.0 Å². The smallest absolute Gasteiger partial charge is 0.337 e. The molecular formula is C29H25NO6. The van der Waals surface area contributed by atoms with Gasteiger partial charge in [-0.05, 0) is 72.5 Å². The first kappa shape index (κ1) is 23.4. The van der Waals surface area contributed by atoms with E-state index in [1.165, 1.54) is 7.11 Å². The minimum Gasteiger partial charge on any atom is -0.497 e. The molecule has 0 unspecified atom stereocenters. The Hall–Kier alpha value is -4.39. The third-order valence-electron chi connectivity index (χ3n) is 6.74. The Bertz CT molecular complexity index is 1550. The van der Waals surface area contributed by atoms with Gasteiger partial charge in [-0.3, -0.25) is 9.59 Å². The van der Waals surface area contributed by atoms with E-state index in [0.29, 0.717) is 33.4 Å². The van der Waals surface area contributed by atoms with Crippen LogP contribution in [0.4, 0.5) is 0 Å². The number of benzene rings is 3. The van der Waals surface area contributed by atoms with Crippen molar-refractivity contribution in [3.05, 3.63) is 110 Å². The summed E-state index contributed by atoms with van der Waals surface area (Å²) in [5.41, 5.74) is 4.34. The number of carbonyl (C=O) groups excluding carboxylic acids is 2. The Morgan fingerprint density at radius 2 is 1.61 bits per heavy atom. The Balaban J connectivity index is 1.68. The highest BCUT2D eigenvalue weighted by Crippen LogP contribution is 2.39. The van der Waals surface area contributed by atoms with Gasteiger partial charge in [-0.25, -0.2) is 4.79 Å². The Morgan fingerprint density at radius 1 is 0.944 bits per heavy atom. The molecule has 0 radical (unpaired) electrons. The number of methoxy groups -OCH3 is 2. The van der Waals surface area contributed by atoms with Crippen molar-refractivity contribution in [1.29, 1.82) is 0 Å². The molecule has 7 heteroatoms. The summed E-state index contributed by atoms with van der Waals surface area (Å²) >= 11 is 0. The molecule has 0 bridgehead atoms. The Morgan fingerprint density at radius 3 is 2.25 bits per heavy atom. The molecule has 1 aliphatic rings. The molecule has 0 N–H and O–H groups in total. The van der Waals surface area contributed by atoms with Crippen molar-refractivity contribution in [1.82, 2.24) is 4.90 Å². The molecule has 0 fully saturated rings. The summed E-state index contributed by atoms with van der Waals surface area (Å²) in [5, 5.41) is 0.437. The van der Waals surface area contributed by atoms with Crippen LogP contribution in [-0.2, 0) is 11.3 Å². The monoisotopic (exact) mass is 483 g/mol. The van der Waals surface area contributed by atoms with Crippen LogP contribution in [0.1, 0.15) is 54.8 Å². The number of nitrogens with zero attached hydrogens (tertiary/aromatic N) is 1. The highest BCUT2D eigenvalue weighted by atomic mass is 16.5. The summed E-state index contributed by atoms with van der Waals surface area (Å²) in [5.74, 6) is -0.0687. The average Bonchev–Trinajstić information content (AvgIpc) is 3.16. The van der Waals surface area contributed by atoms with E-state index in [2.05, 4.69) is 0 Å². The van der Waals surface area contributed by atoms with Crippen LogP contribution in [0.15, 0.2) is 69.9 Å². The maximum absolute atomic E-state index is 13.8. The standard InChI is InChI=1S/C29H25NO6/c1-16-13-22-23(14-17(16)2)36-27-24(26(22)31)25(19-7-9-20(10-8-19)29(33)35-4)30(28(27)32)15-18-5-11-21(34-3)12-6-18/h5-14,25H,15H2,1-4H3/t25-/m1/s1. The fourth-order valence-electron chi connectivity index (χ4n) is 4.63. The minimum absolute atomic E-state index is 0.0475. The molecule has 0 saturated carbocycles. The van der Waals surface area contributed by atoms with Crippen molar-refractivity contribution >= 4 is 22.8 Å². The lowest BCUT2D eigenvalue weighted by molar-refractivity contribution is 0.0599. The molecule has 0 spiro atoms. The third-order valence-corrected chi connectivity index (χ3v) is 6.74. The fourth-order valence-corrected chi connectivity index (χ4v) is 4.63. The van der Waals surface area contributed by atoms with Crippen LogP contribution in [0.3, 0.4) is 0 Å². The lowest BCUT2D eigenvalue weighted by atomic mass is 9.96. The van der Waals surface area contributed by atoms with E-state index in [1.807, 2.05) is 44.2 Å². The summed E-state index contributed by atoms with van der Waals surface area (Å²) in [6.07, 6.45) is 0. The Kier molecular flexibility index (Phi) is 5.84. The average molecular weight is 484 g/mol. The van der Waals surface area contributed by atoms with Gasteiger partial charge in [-0.2, -0.15) is 0 Å². The largest absolute Gasteiger partial charge is 0.497 e. The van der Waals surface area contributed by atoms with Crippen molar-refractivity contribution in [2.45, 2.75) is 26.4 Å². The summed E-state index contributed by atoms with van der Waals surface area (Å²) in [7, 11) is 2.91. The van der Waals surface area contributed by atoms with Gasteiger partial charge in [0.15, 0.2) is 5.43 Å². The van der Waals surface area contributed by atoms with Crippen molar-refractivity contribution in [3.8, 4) is 5.75 Å². The second kappa shape index (κ2) is 9.00. The molecule has 1 aromatic heterocycles. The van der Waals surface area contributed by atoms with Gasteiger partial charge in [0.2, 0.25) is 5.76 Å². The van der Waals surface area contributed by atoms with Gasteiger partial charge in [-0.1, -0.05) is 24.3 Å². The van der Waals surface area contributed by atoms with Crippen molar-refractivity contribution in [2.24, 2.45) is 0 Å². The molecule has 1 atom stereocenters. The van der Waals surface area contributed by atoms with Crippen molar-refractivity contribution < 1.29 is 23.5 Å². The summed E-state index contributed by atoms with van der Waals surface area (Å²) in [6.45, 7) is 4.13. The SMILES string of the molecule is COC(=O)c1ccc([C@@H]2c3c(oc4cc(C)c(C)cc4c3=O)C(=O)N2Cc2ccc(OC)cc2)cc1. The third kappa shape index (κ3) is 3.82. The molecule has 2 heterocycles. The van der Waals surface area contributed by atoms with Gasteiger partial charge in [0.25, 0.3) is 5.91 Å². The van der Waals surface area contributed by atoms with Crippen molar-refractivity contribution in [2.75, 3.05) is 14.2 Å². The first-order valence-corrected chi connectivity index (χ1v) is 11.5. The molecule has 7 nitrogen and oxygen atoms in total. The minimum atomic E-state index is -0.677. The molecule has 1 aliphatic heterocycles. The number of esters is 1. The van der Waals surface area contributed by atoms with Crippen LogP contribution in [0.2, 0.25) is 0 Å². The van der Waals surface area contributed by atoms with Crippen LogP contribution in [0.5, 0.6) is 5.75 Å². The van der Waals surface area contributed by atoms with Crippen LogP contribution >= 0.6 is 0 Å². The predicted octanol–water partition coefficient (Wildman–Crippen LogP) is 4.95. The first-order valence-electron chi connectivity index (χ1n) is 11.5. The number of carbonyl (C=O) groups is 2. The molecule has 36 heavy (non-hydrogen) atoms. The zero-order valence-electron chi connectivity index (χ0n) is 20.5. The number of amides is 1. The van der Waals surface area contributed by atoms with E-state index in [-0.39, 0.29) is 23.6 Å². The summed E-state index contributed by atoms with van der Waals surface area (Å²) < 4.78 is 16.1. The fraction of sp³-hybridized carbons (Fsp3) is 0.207. The van der Waals surface area contributed by atoms with Crippen LogP contribution in [-0.4, -0.2) is 31.0 Å². The van der Waals surface area contributed by atoms with E-state index in [4.69, 9.17) is 13.9 Å². The number of aryl methyl sites for hydroxylation is 2. The first-order chi connectivity index (χ1) is 17.3. The maximum atomic E-state index is 13.8. The van der Waals surface area contributed by atoms with E-state index in [9.17, 15) is 14.4 Å². The van der Waals surface area contributed by atoms with Gasteiger partial charge >= 0.3 is 5.97 Å². The molecule has 0 saturated heterocycles. The molecule has 0 aliphatic carbocycles. The van der Waals surface area contributed by atoms with Crippen LogP contribution < -0.4 is 10.2 Å². The summed E-state index contributed by atoms with van der Waals surface area (Å²) in [4.78, 5) is 41.0. The van der Waals surface area contributed by atoms with Crippen molar-refractivity contribution in [3.63, 3.8) is 0 Å². The number of hydrogen-bond donors (Lipinski definition) is 0.